The molecule has 8 nitrogen and oxygen atoms in total. The van der Waals surface area contributed by atoms with Gasteiger partial charge in [-0.25, -0.2) is 0 Å². The Bertz CT molecular complexity index is 843. The molecule has 0 amide bonds. The standard InChI is InChI=1S/C40H78NO7P/c1-6-8-10-12-14-16-18-19-20-21-22-24-26-28-30-32-35-45-37-39(38-47-49(43,44)46-36-34-41(3,4)5)48-40(42)33-31-29-27-25-23-17-15-13-11-9-7-2/h14,16,19-20,39H,6-13,15,17-18,21-38H2,1-5H3/b16-14-,20-19-. The molecule has 0 aromatic heterocycles. The van der Waals surface area contributed by atoms with Crippen LogP contribution in [-0.2, 0) is 27.9 Å². The van der Waals surface area contributed by atoms with Crippen LogP contribution in [0.2, 0.25) is 0 Å². The maximum absolute atomic E-state index is 12.6. The Morgan fingerprint density at radius 3 is 1.69 bits per heavy atom. The largest absolute Gasteiger partial charge is 0.756 e. The first-order valence-corrected chi connectivity index (χ1v) is 21.5. The molecule has 0 aliphatic carbocycles. The van der Waals surface area contributed by atoms with Crippen molar-refractivity contribution in [1.29, 1.82) is 0 Å². The number of rotatable bonds is 37. The average molecular weight is 716 g/mol. The van der Waals surface area contributed by atoms with Crippen molar-refractivity contribution in [3.8, 4) is 0 Å². The highest BCUT2D eigenvalue weighted by atomic mass is 31.2. The van der Waals surface area contributed by atoms with Gasteiger partial charge in [0, 0.05) is 13.0 Å². The SMILES string of the molecule is CCCCC/C=C\C/C=C\CCCCCCCCOCC(COP(=O)([O-])OCC[N+](C)(C)C)OC(=O)CCCCCCCCCCCCC. The van der Waals surface area contributed by atoms with Crippen LogP contribution in [-0.4, -0.2) is 70.7 Å². The van der Waals surface area contributed by atoms with Crippen LogP contribution in [0.4, 0.5) is 0 Å². The molecular weight excluding hydrogens is 637 g/mol. The Kier molecular flexibility index (Phi) is 33.4. The number of hydrogen-bond donors (Lipinski definition) is 0. The molecule has 0 N–H and O–H groups in total. The minimum atomic E-state index is -4.52. The summed E-state index contributed by atoms with van der Waals surface area (Å²) in [6, 6.07) is 0. The molecule has 290 valence electrons. The summed E-state index contributed by atoms with van der Waals surface area (Å²) < 4.78 is 34.5. The van der Waals surface area contributed by atoms with E-state index in [1.54, 1.807) is 0 Å². The lowest BCUT2D eigenvalue weighted by molar-refractivity contribution is -0.870. The molecule has 0 aliphatic heterocycles. The monoisotopic (exact) mass is 716 g/mol. The van der Waals surface area contributed by atoms with Crippen molar-refractivity contribution in [3.05, 3.63) is 24.3 Å². The highest BCUT2D eigenvalue weighted by molar-refractivity contribution is 7.45. The third-order valence-electron chi connectivity index (χ3n) is 8.51. The second kappa shape index (κ2) is 34.1. The lowest BCUT2D eigenvalue weighted by atomic mass is 10.1. The molecule has 2 atom stereocenters. The summed E-state index contributed by atoms with van der Waals surface area (Å²) >= 11 is 0. The summed E-state index contributed by atoms with van der Waals surface area (Å²) in [5.41, 5.74) is 0. The number of nitrogens with zero attached hydrogens (tertiary/aromatic N) is 1. The topological polar surface area (TPSA) is 94.1 Å². The first-order valence-electron chi connectivity index (χ1n) is 20.1. The van der Waals surface area contributed by atoms with Gasteiger partial charge in [0.25, 0.3) is 7.82 Å². The third-order valence-corrected chi connectivity index (χ3v) is 9.47. The second-order valence-electron chi connectivity index (χ2n) is 14.6. The maximum Gasteiger partial charge on any atom is 0.306 e. The highest BCUT2D eigenvalue weighted by Gasteiger charge is 2.20. The summed E-state index contributed by atoms with van der Waals surface area (Å²) in [4.78, 5) is 24.9. The van der Waals surface area contributed by atoms with Crippen molar-refractivity contribution in [3.63, 3.8) is 0 Å². The van der Waals surface area contributed by atoms with E-state index in [-0.39, 0.29) is 25.8 Å². The maximum atomic E-state index is 12.6. The van der Waals surface area contributed by atoms with Crippen molar-refractivity contribution >= 4 is 13.8 Å². The van der Waals surface area contributed by atoms with Crippen LogP contribution in [0.1, 0.15) is 168 Å². The third kappa shape index (κ3) is 38.1. The number of esters is 1. The zero-order valence-electron chi connectivity index (χ0n) is 32.6. The van der Waals surface area contributed by atoms with Crippen LogP contribution in [0.5, 0.6) is 0 Å². The molecule has 0 fully saturated rings. The Morgan fingerprint density at radius 1 is 0.633 bits per heavy atom. The Hall–Kier alpha value is -1.02. The van der Waals surface area contributed by atoms with Crippen LogP contribution in [0.25, 0.3) is 0 Å². The number of allylic oxidation sites excluding steroid dienone is 4. The van der Waals surface area contributed by atoms with Gasteiger partial charge in [0.15, 0.2) is 0 Å². The van der Waals surface area contributed by atoms with Crippen molar-refractivity contribution in [2.45, 2.75) is 174 Å². The van der Waals surface area contributed by atoms with Crippen LogP contribution >= 0.6 is 7.82 Å². The van der Waals surface area contributed by atoms with Crippen molar-refractivity contribution in [2.24, 2.45) is 0 Å². The minimum absolute atomic E-state index is 0.0254. The molecular formula is C40H78NO7P. The number of likely N-dealkylation sites (N-methyl/N-ethyl adjacent to an activating group) is 1. The van der Waals surface area contributed by atoms with Gasteiger partial charge in [-0.3, -0.25) is 9.36 Å². The Balaban J connectivity index is 4.27. The normalized spacial score (nSPS) is 14.2. The van der Waals surface area contributed by atoms with Gasteiger partial charge in [0.2, 0.25) is 0 Å². The van der Waals surface area contributed by atoms with E-state index in [1.807, 2.05) is 21.1 Å². The number of phosphoric ester groups is 1. The number of carbonyl (C=O) groups is 1. The molecule has 2 unspecified atom stereocenters. The van der Waals surface area contributed by atoms with E-state index in [9.17, 15) is 14.3 Å². The molecule has 49 heavy (non-hydrogen) atoms. The number of unbranched alkanes of at least 4 members (excludes halogenated alkanes) is 19. The Labute approximate surface area is 303 Å². The minimum Gasteiger partial charge on any atom is -0.756 e. The van der Waals surface area contributed by atoms with E-state index >= 15 is 0 Å². The van der Waals surface area contributed by atoms with Gasteiger partial charge in [0.1, 0.15) is 19.3 Å². The quantitative estimate of drug-likeness (QED) is 0.0208. The zero-order chi connectivity index (χ0) is 36.3. The predicted molar refractivity (Wildman–Crippen MR) is 204 cm³/mol. The molecule has 0 aromatic carbocycles. The fraction of sp³-hybridized carbons (Fsp3) is 0.875. The molecule has 0 saturated carbocycles. The molecule has 9 heteroatoms. The van der Waals surface area contributed by atoms with E-state index < -0.39 is 13.9 Å². The lowest BCUT2D eigenvalue weighted by Gasteiger charge is -2.28. The van der Waals surface area contributed by atoms with E-state index in [1.165, 1.54) is 96.3 Å². The molecule has 0 rings (SSSR count). The summed E-state index contributed by atoms with van der Waals surface area (Å²) in [6.07, 6.45) is 36.1. The molecule has 0 spiro atoms. The number of carbonyl (C=O) groups excluding carboxylic acids is 1. The van der Waals surface area contributed by atoms with Crippen LogP contribution in [0, 0.1) is 0 Å². The first-order chi connectivity index (χ1) is 23.6. The molecule has 0 radical (unpaired) electrons. The van der Waals surface area contributed by atoms with Crippen LogP contribution < -0.4 is 4.89 Å². The fourth-order valence-corrected chi connectivity index (χ4v) is 6.07. The molecule has 0 aromatic rings. The van der Waals surface area contributed by atoms with Gasteiger partial charge in [-0.05, 0) is 44.9 Å². The van der Waals surface area contributed by atoms with Crippen LogP contribution in [0.15, 0.2) is 24.3 Å². The summed E-state index contributed by atoms with van der Waals surface area (Å²) in [7, 11) is 1.35. The summed E-state index contributed by atoms with van der Waals surface area (Å²) in [5.74, 6) is -0.339. The molecule has 0 heterocycles. The van der Waals surface area contributed by atoms with Gasteiger partial charge < -0.3 is 27.9 Å². The number of ether oxygens (including phenoxy) is 2. The van der Waals surface area contributed by atoms with E-state index in [0.717, 1.165) is 51.4 Å². The van der Waals surface area contributed by atoms with E-state index in [0.29, 0.717) is 24.1 Å². The van der Waals surface area contributed by atoms with Gasteiger partial charge in [-0.2, -0.15) is 0 Å². The number of phosphoric acid groups is 1. The second-order valence-corrected chi connectivity index (χ2v) is 16.1. The predicted octanol–water partition coefficient (Wildman–Crippen LogP) is 10.6. The number of hydrogen-bond acceptors (Lipinski definition) is 7. The average Bonchev–Trinajstić information content (AvgIpc) is 3.04. The van der Waals surface area contributed by atoms with Gasteiger partial charge in [-0.15, -0.1) is 0 Å². The highest BCUT2D eigenvalue weighted by Crippen LogP contribution is 2.38. The molecule has 0 saturated heterocycles. The van der Waals surface area contributed by atoms with Gasteiger partial charge in [0.05, 0.1) is 34.4 Å². The smallest absolute Gasteiger partial charge is 0.306 e. The Morgan fingerprint density at radius 2 is 1.12 bits per heavy atom. The van der Waals surface area contributed by atoms with Crippen LogP contribution in [0.3, 0.4) is 0 Å². The van der Waals surface area contributed by atoms with Crippen molar-refractivity contribution < 1.29 is 37.3 Å². The summed E-state index contributed by atoms with van der Waals surface area (Å²) in [5, 5.41) is 0. The fourth-order valence-electron chi connectivity index (χ4n) is 5.34. The molecule has 0 aliphatic rings. The van der Waals surface area contributed by atoms with Crippen molar-refractivity contribution in [1.82, 2.24) is 0 Å². The number of quaternary nitrogens is 1. The lowest BCUT2D eigenvalue weighted by Crippen LogP contribution is -2.37. The first kappa shape index (κ1) is 48.0. The molecule has 0 bridgehead atoms. The zero-order valence-corrected chi connectivity index (χ0v) is 33.5. The van der Waals surface area contributed by atoms with Gasteiger partial charge in [-0.1, -0.05) is 141 Å². The van der Waals surface area contributed by atoms with E-state index in [4.69, 9.17) is 18.5 Å². The van der Waals surface area contributed by atoms with Gasteiger partial charge >= 0.3 is 5.97 Å². The van der Waals surface area contributed by atoms with Crippen molar-refractivity contribution in [2.75, 3.05) is 54.1 Å². The summed E-state index contributed by atoms with van der Waals surface area (Å²) in [6.45, 7) is 5.36. The van der Waals surface area contributed by atoms with E-state index in [2.05, 4.69) is 38.2 Å².